The van der Waals surface area contributed by atoms with E-state index in [1.165, 1.54) is 16.4 Å². The average molecular weight is 466 g/mol. The van der Waals surface area contributed by atoms with Gasteiger partial charge in [-0.25, -0.2) is 8.42 Å². The van der Waals surface area contributed by atoms with Gasteiger partial charge in [0, 0.05) is 15.6 Å². The molecule has 3 rings (SSSR count). The predicted molar refractivity (Wildman–Crippen MR) is 121 cm³/mol. The molecule has 0 aliphatic rings. The molecule has 0 radical (unpaired) electrons. The Balaban J connectivity index is 2.20. The van der Waals surface area contributed by atoms with Crippen molar-refractivity contribution in [1.82, 2.24) is 0 Å². The summed E-state index contributed by atoms with van der Waals surface area (Å²) in [5.74, 6) is 1.14. The third kappa shape index (κ3) is 4.51. The lowest BCUT2D eigenvalue weighted by Gasteiger charge is -2.32. The number of hydrogen-bond donors (Lipinski definition) is 0. The summed E-state index contributed by atoms with van der Waals surface area (Å²) in [4.78, 5) is 0.121. The number of methoxy groups -OCH3 is 2. The molecule has 3 aromatic rings. The molecule has 0 saturated heterocycles. The first-order valence-electron chi connectivity index (χ1n) is 9.05. The Kier molecular flexibility index (Phi) is 6.81. The van der Waals surface area contributed by atoms with Crippen LogP contribution in [0.3, 0.4) is 0 Å². The lowest BCUT2D eigenvalue weighted by Crippen LogP contribution is -2.34. The number of ether oxygens (including phenoxy) is 2. The Labute approximate surface area is 186 Å². The summed E-state index contributed by atoms with van der Waals surface area (Å²) in [7, 11) is -0.847. The number of nitrogens with zero attached hydrogens (tertiary/aromatic N) is 1. The van der Waals surface area contributed by atoms with E-state index in [0.717, 1.165) is 0 Å². The molecule has 0 aromatic heterocycles. The third-order valence-electron chi connectivity index (χ3n) is 4.69. The molecule has 5 nitrogen and oxygen atoms in total. The highest BCUT2D eigenvalue weighted by Gasteiger charge is 2.32. The van der Waals surface area contributed by atoms with Gasteiger partial charge in [0.05, 0.1) is 30.8 Å². The van der Waals surface area contributed by atoms with Crippen molar-refractivity contribution in [3.63, 3.8) is 0 Å². The first-order valence-corrected chi connectivity index (χ1v) is 11.2. The summed E-state index contributed by atoms with van der Waals surface area (Å²) in [6.07, 6.45) is 0. The van der Waals surface area contributed by atoms with E-state index >= 15 is 0 Å². The van der Waals surface area contributed by atoms with Gasteiger partial charge in [-0.3, -0.25) is 4.31 Å². The topological polar surface area (TPSA) is 55.8 Å². The van der Waals surface area contributed by atoms with Gasteiger partial charge in [0.15, 0.2) is 0 Å². The lowest BCUT2D eigenvalue weighted by molar-refractivity contribution is 0.396. The minimum atomic E-state index is -3.94. The van der Waals surface area contributed by atoms with E-state index < -0.39 is 16.1 Å². The summed E-state index contributed by atoms with van der Waals surface area (Å²) in [5.41, 5.74) is 1.12. The van der Waals surface area contributed by atoms with Crippen molar-refractivity contribution >= 4 is 38.9 Å². The van der Waals surface area contributed by atoms with E-state index in [4.69, 9.17) is 32.7 Å². The van der Waals surface area contributed by atoms with Crippen molar-refractivity contribution in [3.05, 3.63) is 82.3 Å². The van der Waals surface area contributed by atoms with Crippen LogP contribution in [0.1, 0.15) is 18.5 Å². The normalized spacial score (nSPS) is 12.3. The van der Waals surface area contributed by atoms with Crippen LogP contribution >= 0.6 is 23.2 Å². The number of hydrogen-bond acceptors (Lipinski definition) is 4. The number of anilines is 1. The molecule has 3 aromatic carbocycles. The molecule has 0 fully saturated rings. The first kappa shape index (κ1) is 22.3. The van der Waals surface area contributed by atoms with Gasteiger partial charge in [-0.15, -0.1) is 0 Å². The van der Waals surface area contributed by atoms with Gasteiger partial charge in [-0.05, 0) is 73.7 Å². The summed E-state index contributed by atoms with van der Waals surface area (Å²) in [6.45, 7) is 1.79. The molecular formula is C22H21Cl2NO4S. The van der Waals surface area contributed by atoms with Gasteiger partial charge >= 0.3 is 0 Å². The van der Waals surface area contributed by atoms with Crippen LogP contribution in [0.15, 0.2) is 71.6 Å². The summed E-state index contributed by atoms with van der Waals surface area (Å²) in [6, 6.07) is 17.4. The van der Waals surface area contributed by atoms with Crippen molar-refractivity contribution in [3.8, 4) is 11.5 Å². The molecule has 0 aliphatic heterocycles. The molecule has 1 atom stereocenters. The molecule has 30 heavy (non-hydrogen) atoms. The summed E-state index contributed by atoms with van der Waals surface area (Å²) < 4.78 is 39.5. The fraction of sp³-hybridized carbons (Fsp3) is 0.182. The van der Waals surface area contributed by atoms with Crippen LogP contribution in [0.4, 0.5) is 5.69 Å². The molecule has 158 valence electrons. The van der Waals surface area contributed by atoms with E-state index in [2.05, 4.69) is 0 Å². The van der Waals surface area contributed by atoms with E-state index in [0.29, 0.717) is 32.8 Å². The molecule has 0 amide bonds. The van der Waals surface area contributed by atoms with Crippen molar-refractivity contribution in [2.45, 2.75) is 17.9 Å². The second-order valence-electron chi connectivity index (χ2n) is 6.52. The fourth-order valence-corrected chi connectivity index (χ4v) is 5.06. The SMILES string of the molecule is COc1ccc(OC)c([C@@H](C)N(c2ccc(Cl)cc2)S(=O)(=O)c2ccc(Cl)cc2)c1. The Bertz CT molecular complexity index is 1120. The Hall–Kier alpha value is -2.41. The number of benzene rings is 3. The van der Waals surface area contributed by atoms with Crippen LogP contribution in [0.5, 0.6) is 11.5 Å². The third-order valence-corrected chi connectivity index (χ3v) is 7.11. The standard InChI is InChI=1S/C22H21Cl2NO4S/c1-15(21-14-19(28-2)10-13-22(21)29-3)25(18-8-4-16(23)5-9-18)30(26,27)20-11-6-17(24)7-12-20/h4-15H,1-3H3/t15-/m1/s1. The predicted octanol–water partition coefficient (Wildman–Crippen LogP) is 5.97. The maximum atomic E-state index is 13.7. The zero-order valence-electron chi connectivity index (χ0n) is 16.7. The highest BCUT2D eigenvalue weighted by molar-refractivity contribution is 7.92. The van der Waals surface area contributed by atoms with E-state index in [9.17, 15) is 8.42 Å². The first-order chi connectivity index (χ1) is 14.3. The molecule has 8 heteroatoms. The Morgan fingerprint density at radius 1 is 0.833 bits per heavy atom. The quantitative estimate of drug-likeness (QED) is 0.431. The van der Waals surface area contributed by atoms with Gasteiger partial charge in [0.1, 0.15) is 11.5 Å². The molecule has 0 saturated carbocycles. The van der Waals surface area contributed by atoms with E-state index in [-0.39, 0.29) is 4.90 Å². The summed E-state index contributed by atoms with van der Waals surface area (Å²) >= 11 is 12.0. The largest absolute Gasteiger partial charge is 0.497 e. The Morgan fingerprint density at radius 3 is 1.93 bits per heavy atom. The minimum Gasteiger partial charge on any atom is -0.497 e. The van der Waals surface area contributed by atoms with Gasteiger partial charge in [0.2, 0.25) is 0 Å². The van der Waals surface area contributed by atoms with Crippen LogP contribution in [-0.4, -0.2) is 22.6 Å². The average Bonchev–Trinajstić information content (AvgIpc) is 2.74. The highest BCUT2D eigenvalue weighted by Crippen LogP contribution is 2.38. The van der Waals surface area contributed by atoms with Gasteiger partial charge < -0.3 is 9.47 Å². The summed E-state index contributed by atoms with van der Waals surface area (Å²) in [5, 5.41) is 0.962. The minimum absolute atomic E-state index is 0.121. The highest BCUT2D eigenvalue weighted by atomic mass is 35.5. The van der Waals surface area contributed by atoms with E-state index in [1.807, 2.05) is 0 Å². The van der Waals surface area contributed by atoms with Gasteiger partial charge in [-0.1, -0.05) is 23.2 Å². The van der Waals surface area contributed by atoms with Gasteiger partial charge in [0.25, 0.3) is 10.0 Å². The monoisotopic (exact) mass is 465 g/mol. The molecule has 0 spiro atoms. The number of halogens is 2. The molecule has 0 aliphatic carbocycles. The van der Waals surface area contributed by atoms with Crippen LogP contribution in [-0.2, 0) is 10.0 Å². The van der Waals surface area contributed by atoms with Gasteiger partial charge in [-0.2, -0.15) is 0 Å². The van der Waals surface area contributed by atoms with Crippen LogP contribution < -0.4 is 13.8 Å². The van der Waals surface area contributed by atoms with Crippen LogP contribution in [0.25, 0.3) is 0 Å². The van der Waals surface area contributed by atoms with Crippen molar-refractivity contribution < 1.29 is 17.9 Å². The molecule has 0 N–H and O–H groups in total. The number of sulfonamides is 1. The zero-order chi connectivity index (χ0) is 21.9. The van der Waals surface area contributed by atoms with Crippen LogP contribution in [0.2, 0.25) is 10.0 Å². The molecule has 0 bridgehead atoms. The fourth-order valence-electron chi connectivity index (χ4n) is 3.17. The van der Waals surface area contributed by atoms with Crippen molar-refractivity contribution in [2.75, 3.05) is 18.5 Å². The van der Waals surface area contributed by atoms with Crippen molar-refractivity contribution in [1.29, 1.82) is 0 Å². The van der Waals surface area contributed by atoms with Crippen LogP contribution in [0, 0.1) is 0 Å². The second-order valence-corrected chi connectivity index (χ2v) is 9.20. The van der Waals surface area contributed by atoms with Crippen molar-refractivity contribution in [2.24, 2.45) is 0 Å². The molecule has 0 heterocycles. The lowest BCUT2D eigenvalue weighted by atomic mass is 10.1. The second kappa shape index (κ2) is 9.16. The molecule has 0 unspecified atom stereocenters. The Morgan fingerprint density at radius 2 is 1.40 bits per heavy atom. The molecular weight excluding hydrogens is 445 g/mol. The smallest absolute Gasteiger partial charge is 0.264 e. The number of rotatable bonds is 7. The zero-order valence-corrected chi connectivity index (χ0v) is 19.0. The maximum Gasteiger partial charge on any atom is 0.264 e. The van der Waals surface area contributed by atoms with E-state index in [1.54, 1.807) is 75.7 Å². The maximum absolute atomic E-state index is 13.7.